The third-order valence-corrected chi connectivity index (χ3v) is 0. The van der Waals surface area contributed by atoms with Crippen LogP contribution in [0.25, 0.3) is 0 Å². The summed E-state index contributed by atoms with van der Waals surface area (Å²) in [6, 6.07) is 0. The molecule has 0 aromatic heterocycles. The van der Waals surface area contributed by atoms with Gasteiger partial charge in [0.2, 0.25) is 0 Å². The second kappa shape index (κ2) is 9.09. The van der Waals surface area contributed by atoms with E-state index in [-0.39, 0.29) is 0 Å². The molecule has 1 radical (unpaired) electrons. The molecule has 6 heavy (non-hydrogen) atoms. The molecule has 0 rings (SSSR count). The topological polar surface area (TPSA) is 26.0 Å². The molecule has 0 saturated heterocycles. The first-order chi connectivity index (χ1) is 2.73. The third-order valence-electron chi connectivity index (χ3n) is 0. The molecule has 0 saturated carbocycles. The van der Waals surface area contributed by atoms with E-state index in [0.29, 0.717) is 5.92 Å². The van der Waals surface area contributed by atoms with E-state index in [1.165, 1.54) is 0 Å². The van der Waals surface area contributed by atoms with Crippen LogP contribution in [0.15, 0.2) is 0 Å². The van der Waals surface area contributed by atoms with Gasteiger partial charge in [-0.3, -0.25) is 0 Å². The summed E-state index contributed by atoms with van der Waals surface area (Å²) < 4.78 is 4.64. The maximum Gasteiger partial charge on any atom is 0.316 e. The van der Waals surface area contributed by atoms with E-state index >= 15 is 0 Å². The minimum atomic E-state index is 0.583. The molecule has 0 aromatic carbocycles. The SMILES string of the molecule is [CH2]C(C)C.[NH2][AlH2]. The highest BCUT2D eigenvalue weighted by molar-refractivity contribution is 6.02. The van der Waals surface area contributed by atoms with Gasteiger partial charge in [-0.05, 0) is 5.92 Å². The lowest BCUT2D eigenvalue weighted by molar-refractivity contribution is 0.827. The average Bonchev–Trinajstić information content (AvgIpc) is 1.41. The Bertz CT molecular complexity index is 12.3. The van der Waals surface area contributed by atoms with Crippen LogP contribution >= 0.6 is 0 Å². The molecule has 0 amide bonds. The van der Waals surface area contributed by atoms with Crippen LogP contribution in [0.5, 0.6) is 0 Å². The Morgan fingerprint density at radius 1 is 1.50 bits per heavy atom. The Kier molecular flexibility index (Phi) is 14.7. The van der Waals surface area contributed by atoms with Crippen molar-refractivity contribution in [1.29, 1.82) is 0 Å². The molecular formula is C4H13AlN. The number of hydrogen-bond acceptors (Lipinski definition) is 1. The van der Waals surface area contributed by atoms with Crippen molar-refractivity contribution in [2.45, 2.75) is 13.8 Å². The van der Waals surface area contributed by atoms with Gasteiger partial charge in [-0.1, -0.05) is 20.8 Å². The van der Waals surface area contributed by atoms with Gasteiger partial charge in [0, 0.05) is 0 Å². The van der Waals surface area contributed by atoms with E-state index in [0.717, 1.165) is 16.5 Å². The van der Waals surface area contributed by atoms with Gasteiger partial charge in [0.05, 0.1) is 0 Å². The summed E-state index contributed by atoms with van der Waals surface area (Å²) >= 11 is 0.806. The van der Waals surface area contributed by atoms with E-state index in [1.807, 2.05) is 0 Å². The monoisotopic (exact) mass is 102 g/mol. The summed E-state index contributed by atoms with van der Waals surface area (Å²) in [6.45, 7) is 7.75. The number of rotatable bonds is 0. The number of hydrogen-bond donors (Lipinski definition) is 1. The first-order valence-electron chi connectivity index (χ1n) is 2.14. The maximum absolute atomic E-state index is 4.64. The largest absolute Gasteiger partial charge is 0.418 e. The van der Waals surface area contributed by atoms with Crippen molar-refractivity contribution in [3.05, 3.63) is 6.92 Å². The van der Waals surface area contributed by atoms with Crippen molar-refractivity contribution in [3.63, 3.8) is 0 Å². The lowest BCUT2D eigenvalue weighted by atomic mass is 10.3. The standard InChI is InChI=1S/C4H9.Al.H2N.2H/c1-4(2)3;;;;/h4H,1H2,2-3H3;;1H2;;/q;+1;-1;;. The highest BCUT2D eigenvalue weighted by Crippen LogP contribution is 1.80. The van der Waals surface area contributed by atoms with Crippen LogP contribution in [0.2, 0.25) is 0 Å². The fraction of sp³-hybridized carbons (Fsp3) is 0.750. The Morgan fingerprint density at radius 3 is 1.50 bits per heavy atom. The first kappa shape index (κ1) is 9.70. The zero-order valence-electron chi connectivity index (χ0n) is 4.86. The van der Waals surface area contributed by atoms with Gasteiger partial charge in [-0.15, -0.1) is 0 Å². The van der Waals surface area contributed by atoms with Crippen LogP contribution < -0.4 is 4.72 Å². The molecule has 37 valence electrons. The Labute approximate surface area is 48.6 Å². The number of nitrogens with two attached hydrogens (primary N) is 1. The van der Waals surface area contributed by atoms with Gasteiger partial charge in [0.25, 0.3) is 0 Å². The summed E-state index contributed by atoms with van der Waals surface area (Å²) in [6.07, 6.45) is 0. The molecule has 0 bridgehead atoms. The fourth-order valence-electron chi connectivity index (χ4n) is 0. The van der Waals surface area contributed by atoms with Crippen LogP contribution in [-0.4, -0.2) is 16.5 Å². The van der Waals surface area contributed by atoms with Gasteiger partial charge >= 0.3 is 16.5 Å². The summed E-state index contributed by atoms with van der Waals surface area (Å²) in [5.41, 5.74) is 0. The van der Waals surface area contributed by atoms with Crippen molar-refractivity contribution in [2.75, 3.05) is 0 Å². The normalized spacial score (nSPS) is 6.83. The van der Waals surface area contributed by atoms with Crippen LogP contribution in [0.1, 0.15) is 13.8 Å². The Balaban J connectivity index is 0. The van der Waals surface area contributed by atoms with E-state index < -0.39 is 0 Å². The van der Waals surface area contributed by atoms with Crippen molar-refractivity contribution in [2.24, 2.45) is 10.6 Å². The molecule has 0 aromatic rings. The molecule has 0 aliphatic heterocycles. The van der Waals surface area contributed by atoms with Crippen molar-refractivity contribution >= 4 is 16.5 Å². The lowest BCUT2D eigenvalue weighted by Crippen LogP contribution is -1.75. The molecule has 1 nitrogen and oxygen atoms in total. The zero-order chi connectivity index (χ0) is 5.58. The minimum absolute atomic E-state index is 0.583. The summed E-state index contributed by atoms with van der Waals surface area (Å²) in [4.78, 5) is 0. The first-order valence-corrected chi connectivity index (χ1v) is 3.29. The smallest absolute Gasteiger partial charge is 0.316 e. The summed E-state index contributed by atoms with van der Waals surface area (Å²) in [7, 11) is 0. The molecule has 0 spiro atoms. The molecular weight excluding hydrogens is 89.0 g/mol. The van der Waals surface area contributed by atoms with Gasteiger partial charge in [-0.2, -0.15) is 0 Å². The highest BCUT2D eigenvalue weighted by atomic mass is 27.1. The lowest BCUT2D eigenvalue weighted by Gasteiger charge is -1.78. The predicted molar refractivity (Wildman–Crippen MR) is 32.9 cm³/mol. The van der Waals surface area contributed by atoms with Gasteiger partial charge in [0.1, 0.15) is 0 Å². The highest BCUT2D eigenvalue weighted by Gasteiger charge is 1.68. The van der Waals surface area contributed by atoms with Gasteiger partial charge in [-0.25, -0.2) is 0 Å². The van der Waals surface area contributed by atoms with Crippen molar-refractivity contribution in [1.82, 2.24) is 0 Å². The van der Waals surface area contributed by atoms with Gasteiger partial charge in [0.15, 0.2) is 0 Å². The zero-order valence-corrected chi connectivity index (χ0v) is 6.86. The van der Waals surface area contributed by atoms with Crippen molar-refractivity contribution in [3.8, 4) is 0 Å². The average molecular weight is 102 g/mol. The third kappa shape index (κ3) is 226. The van der Waals surface area contributed by atoms with Crippen LogP contribution in [-0.2, 0) is 0 Å². The van der Waals surface area contributed by atoms with E-state index in [1.54, 1.807) is 0 Å². The van der Waals surface area contributed by atoms with E-state index in [2.05, 4.69) is 25.5 Å². The molecule has 0 aliphatic carbocycles. The summed E-state index contributed by atoms with van der Waals surface area (Å²) in [5.74, 6) is 0.583. The van der Waals surface area contributed by atoms with E-state index in [9.17, 15) is 0 Å². The second-order valence-electron chi connectivity index (χ2n) is 1.39. The van der Waals surface area contributed by atoms with Crippen LogP contribution in [0, 0.1) is 12.8 Å². The maximum atomic E-state index is 4.64. The minimum Gasteiger partial charge on any atom is -0.418 e. The predicted octanol–water partition coefficient (Wildman–Crippen LogP) is -0.0303. The van der Waals surface area contributed by atoms with Gasteiger partial charge < -0.3 is 4.72 Å². The Hall–Kier alpha value is 0.492. The molecule has 0 fully saturated rings. The molecule has 0 aliphatic rings. The van der Waals surface area contributed by atoms with Crippen LogP contribution in [0.4, 0.5) is 0 Å². The fourth-order valence-corrected chi connectivity index (χ4v) is 0. The second-order valence-corrected chi connectivity index (χ2v) is 1.39. The summed E-state index contributed by atoms with van der Waals surface area (Å²) in [5, 5.41) is 0. The quantitative estimate of drug-likeness (QED) is 0.427. The van der Waals surface area contributed by atoms with E-state index in [4.69, 9.17) is 0 Å². The molecule has 0 heterocycles. The molecule has 2 heteroatoms. The Morgan fingerprint density at radius 2 is 1.50 bits per heavy atom. The molecule has 0 atom stereocenters. The van der Waals surface area contributed by atoms with Crippen molar-refractivity contribution < 1.29 is 0 Å². The molecule has 2 N–H and O–H groups in total. The molecule has 0 unspecified atom stereocenters. The van der Waals surface area contributed by atoms with Crippen LogP contribution in [0.3, 0.4) is 0 Å².